The van der Waals surface area contributed by atoms with Crippen LogP contribution in [0.5, 0.6) is 0 Å². The van der Waals surface area contributed by atoms with Crippen molar-refractivity contribution in [1.29, 1.82) is 0 Å². The van der Waals surface area contributed by atoms with Crippen LogP contribution in [0.2, 0.25) is 0 Å². The molecule has 2 amide bonds. The number of aliphatic hydroxyl groups is 1. The number of nitrogens with one attached hydrogen (secondary N) is 2. The van der Waals surface area contributed by atoms with Crippen molar-refractivity contribution in [2.24, 2.45) is 0 Å². The molecule has 0 radical (unpaired) electrons. The van der Waals surface area contributed by atoms with Crippen molar-refractivity contribution in [3.8, 4) is 34.3 Å². The Kier molecular flexibility index (Phi) is 7.20. The van der Waals surface area contributed by atoms with Crippen molar-refractivity contribution in [3.05, 3.63) is 65.7 Å². The van der Waals surface area contributed by atoms with Gasteiger partial charge in [-0.15, -0.1) is 0 Å². The molecular formula is C23H18F3N5O6. The Bertz CT molecular complexity index is 1390. The topological polar surface area (TPSA) is 164 Å². The third kappa shape index (κ3) is 5.75. The molecule has 2 aromatic carbocycles. The van der Waals surface area contributed by atoms with Crippen molar-refractivity contribution < 1.29 is 42.0 Å². The van der Waals surface area contributed by atoms with Crippen LogP contribution in [0.3, 0.4) is 0 Å². The molecule has 0 saturated heterocycles. The number of aliphatic hydroxyl groups excluding tert-OH is 1. The fraction of sp³-hybridized carbons (Fsp3) is 0.174. The van der Waals surface area contributed by atoms with Gasteiger partial charge < -0.3 is 29.9 Å². The maximum Gasteiger partial charge on any atom is 0.422 e. The van der Waals surface area contributed by atoms with Crippen molar-refractivity contribution >= 4 is 12.0 Å². The molecule has 1 atom stereocenters. The van der Waals surface area contributed by atoms with Gasteiger partial charge in [-0.25, -0.2) is 4.79 Å². The molecule has 4 aromatic rings. The van der Waals surface area contributed by atoms with Crippen molar-refractivity contribution in [3.63, 3.8) is 0 Å². The Morgan fingerprint density at radius 3 is 2.24 bits per heavy atom. The molecule has 0 saturated carbocycles. The number of hydrogen-bond donors (Lipinski definition) is 4. The van der Waals surface area contributed by atoms with Crippen LogP contribution in [0.4, 0.5) is 18.0 Å². The van der Waals surface area contributed by atoms with Crippen LogP contribution < -0.4 is 10.6 Å². The van der Waals surface area contributed by atoms with Crippen molar-refractivity contribution in [1.82, 2.24) is 25.9 Å². The number of carboxylic acid groups (broad SMARTS) is 1. The molecule has 2 heterocycles. The Hall–Kier alpha value is -4.72. The van der Waals surface area contributed by atoms with Gasteiger partial charge in [0.25, 0.3) is 11.8 Å². The molecule has 11 nitrogen and oxygen atoms in total. The predicted molar refractivity (Wildman–Crippen MR) is 120 cm³/mol. The largest absolute Gasteiger partial charge is 0.465 e. The van der Waals surface area contributed by atoms with Gasteiger partial charge in [-0.1, -0.05) is 64.9 Å². The van der Waals surface area contributed by atoms with E-state index in [1.165, 1.54) is 36.4 Å². The first kappa shape index (κ1) is 25.4. The summed E-state index contributed by atoms with van der Waals surface area (Å²) in [6.45, 7) is -0.0690. The molecule has 0 fully saturated rings. The van der Waals surface area contributed by atoms with Gasteiger partial charge in [0.05, 0.1) is 0 Å². The van der Waals surface area contributed by atoms with Gasteiger partial charge >= 0.3 is 12.3 Å². The van der Waals surface area contributed by atoms with Gasteiger partial charge in [0.1, 0.15) is 11.3 Å². The highest BCUT2D eigenvalue weighted by atomic mass is 19.4. The van der Waals surface area contributed by atoms with E-state index in [0.29, 0.717) is 5.56 Å². The number of alkyl halides is 3. The lowest BCUT2D eigenvalue weighted by Gasteiger charge is -2.12. The van der Waals surface area contributed by atoms with E-state index in [0.717, 1.165) is 0 Å². The van der Waals surface area contributed by atoms with Crippen molar-refractivity contribution in [2.75, 3.05) is 13.1 Å². The minimum Gasteiger partial charge on any atom is -0.465 e. The highest BCUT2D eigenvalue weighted by molar-refractivity contribution is 5.82. The highest BCUT2D eigenvalue weighted by Gasteiger charge is 2.43. The maximum atomic E-state index is 13.9. The fourth-order valence-electron chi connectivity index (χ4n) is 3.34. The van der Waals surface area contributed by atoms with E-state index in [2.05, 4.69) is 25.9 Å². The molecule has 0 aliphatic heterocycles. The molecule has 0 bridgehead atoms. The van der Waals surface area contributed by atoms with Gasteiger partial charge in [0.15, 0.2) is 6.10 Å². The number of halogens is 3. The summed E-state index contributed by atoms with van der Waals surface area (Å²) in [6, 6.07) is 13.4. The van der Waals surface area contributed by atoms with Crippen LogP contribution in [0.1, 0.15) is 17.2 Å². The standard InChI is InChI=1S/C23H18F3N5O6/c24-23(25,26)15-16(12-4-2-1-3-5-12)30-36-18(15)21-29-19(31-37-21)14-8-6-13(7-9-14)17(32)20(33)27-10-11-28-22(34)35/h1-9,17,28,32H,10-11H2,(H,27,33)(H,34,35). The summed E-state index contributed by atoms with van der Waals surface area (Å²) in [5, 5.41) is 30.4. The van der Waals surface area contributed by atoms with E-state index in [-0.39, 0.29) is 30.0 Å². The quantitative estimate of drug-likeness (QED) is 0.256. The number of benzene rings is 2. The number of rotatable bonds is 8. The predicted octanol–water partition coefficient (Wildman–Crippen LogP) is 3.49. The average Bonchev–Trinajstić information content (AvgIpc) is 3.54. The van der Waals surface area contributed by atoms with E-state index >= 15 is 0 Å². The second-order valence-electron chi connectivity index (χ2n) is 7.57. The molecule has 0 aliphatic rings. The summed E-state index contributed by atoms with van der Waals surface area (Å²) < 4.78 is 51.6. The minimum absolute atomic E-state index is 0.0283. The van der Waals surface area contributed by atoms with Gasteiger partial charge in [0.2, 0.25) is 11.6 Å². The number of amides is 2. The van der Waals surface area contributed by atoms with E-state index in [9.17, 15) is 27.9 Å². The minimum atomic E-state index is -4.82. The monoisotopic (exact) mass is 517 g/mol. The average molecular weight is 517 g/mol. The first-order valence-electron chi connectivity index (χ1n) is 10.6. The van der Waals surface area contributed by atoms with E-state index in [4.69, 9.17) is 14.2 Å². The molecule has 192 valence electrons. The molecule has 0 aliphatic carbocycles. The first-order chi connectivity index (χ1) is 17.6. The number of carbonyl (C=O) groups is 2. The lowest BCUT2D eigenvalue weighted by atomic mass is 10.1. The summed E-state index contributed by atoms with van der Waals surface area (Å²) in [7, 11) is 0. The second-order valence-corrected chi connectivity index (χ2v) is 7.57. The molecule has 0 spiro atoms. The van der Waals surface area contributed by atoms with E-state index in [1.807, 2.05) is 0 Å². The third-order valence-electron chi connectivity index (χ3n) is 5.08. The third-order valence-corrected chi connectivity index (χ3v) is 5.08. The lowest BCUT2D eigenvalue weighted by Crippen LogP contribution is -2.36. The van der Waals surface area contributed by atoms with Crippen LogP contribution in [-0.2, 0) is 11.0 Å². The smallest absolute Gasteiger partial charge is 0.422 e. The lowest BCUT2D eigenvalue weighted by molar-refractivity contribution is -0.137. The summed E-state index contributed by atoms with van der Waals surface area (Å²) in [4.78, 5) is 26.4. The fourth-order valence-corrected chi connectivity index (χ4v) is 3.34. The Morgan fingerprint density at radius 2 is 1.59 bits per heavy atom. The van der Waals surface area contributed by atoms with Crippen molar-refractivity contribution in [2.45, 2.75) is 12.3 Å². The SMILES string of the molecule is O=C(O)NCCNC(=O)C(O)c1ccc(-c2noc(-c3onc(-c4ccccc4)c3C(F)(F)F)n2)cc1. The van der Waals surface area contributed by atoms with E-state index in [1.54, 1.807) is 18.2 Å². The first-order valence-corrected chi connectivity index (χ1v) is 10.6. The zero-order valence-electron chi connectivity index (χ0n) is 18.7. The van der Waals surface area contributed by atoms with Crippen LogP contribution in [0, 0.1) is 0 Å². The summed E-state index contributed by atoms with van der Waals surface area (Å²) in [5.74, 6) is -2.08. The van der Waals surface area contributed by atoms with Crippen LogP contribution in [0.25, 0.3) is 34.3 Å². The van der Waals surface area contributed by atoms with Gasteiger partial charge in [0, 0.05) is 24.2 Å². The van der Waals surface area contributed by atoms with Gasteiger partial charge in [-0.3, -0.25) is 4.79 Å². The zero-order chi connectivity index (χ0) is 26.6. The molecular weight excluding hydrogens is 499 g/mol. The maximum absolute atomic E-state index is 13.9. The summed E-state index contributed by atoms with van der Waals surface area (Å²) in [5.41, 5.74) is -0.845. The number of hydrogen-bond acceptors (Lipinski definition) is 8. The van der Waals surface area contributed by atoms with Crippen LogP contribution in [-0.4, -0.2) is 50.6 Å². The zero-order valence-corrected chi connectivity index (χ0v) is 18.7. The molecule has 37 heavy (non-hydrogen) atoms. The Morgan fingerprint density at radius 1 is 0.919 bits per heavy atom. The number of aromatic nitrogens is 3. The van der Waals surface area contributed by atoms with Gasteiger partial charge in [-0.05, 0) is 5.56 Å². The molecule has 14 heteroatoms. The summed E-state index contributed by atoms with van der Waals surface area (Å²) in [6.07, 6.45) is -7.61. The Balaban J connectivity index is 1.52. The normalized spacial score (nSPS) is 12.2. The van der Waals surface area contributed by atoms with Crippen LogP contribution in [0.15, 0.2) is 63.6 Å². The molecule has 1 unspecified atom stereocenters. The molecule has 4 N–H and O–H groups in total. The molecule has 2 aromatic heterocycles. The Labute approximate surface area is 205 Å². The highest BCUT2D eigenvalue weighted by Crippen LogP contribution is 2.43. The second kappa shape index (κ2) is 10.5. The molecule has 4 rings (SSSR count). The van der Waals surface area contributed by atoms with Crippen LogP contribution >= 0.6 is 0 Å². The number of nitrogens with zero attached hydrogens (tertiary/aromatic N) is 3. The van der Waals surface area contributed by atoms with E-state index < -0.39 is 47.2 Å². The summed E-state index contributed by atoms with van der Waals surface area (Å²) >= 11 is 0. The number of carbonyl (C=O) groups excluding carboxylic acids is 1. The van der Waals surface area contributed by atoms with Gasteiger partial charge in [-0.2, -0.15) is 18.2 Å².